The third-order valence-corrected chi connectivity index (χ3v) is 14.0. The van der Waals surface area contributed by atoms with E-state index < -0.39 is 11.9 Å². The van der Waals surface area contributed by atoms with E-state index in [0.29, 0.717) is 41.6 Å². The molecule has 2 aliphatic carbocycles. The first-order chi connectivity index (χ1) is 27.2. The van der Waals surface area contributed by atoms with Crippen LogP contribution in [0.25, 0.3) is 0 Å². The maximum absolute atomic E-state index is 13.3. The number of aromatic hydroxyl groups is 1. The number of piperidine rings is 2. The number of piperazine rings is 1. The molecule has 3 aromatic carbocycles. The number of rotatable bonds is 7. The molecule has 1 spiro atoms. The molecule has 4 fully saturated rings. The number of carbonyl (C=O) groups excluding carboxylic acids is 3. The van der Waals surface area contributed by atoms with Gasteiger partial charge in [0.1, 0.15) is 24.1 Å². The van der Waals surface area contributed by atoms with Gasteiger partial charge >= 0.3 is 0 Å². The van der Waals surface area contributed by atoms with Gasteiger partial charge in [0, 0.05) is 69.9 Å². The Hall–Kier alpha value is -4.83. The van der Waals surface area contributed by atoms with E-state index in [9.17, 15) is 19.5 Å². The van der Waals surface area contributed by atoms with Gasteiger partial charge in [-0.25, -0.2) is 0 Å². The summed E-state index contributed by atoms with van der Waals surface area (Å²) in [6, 6.07) is 20.6. The fourth-order valence-corrected chi connectivity index (χ4v) is 11.0. The zero-order valence-electron chi connectivity index (χ0n) is 32.8. The van der Waals surface area contributed by atoms with E-state index in [0.717, 1.165) is 69.5 Å². The average molecular weight is 758 g/mol. The highest BCUT2D eigenvalue weighted by molar-refractivity contribution is 6.04. The summed E-state index contributed by atoms with van der Waals surface area (Å²) in [5.74, 6) is 1.66. The molecule has 3 aromatic rings. The summed E-state index contributed by atoms with van der Waals surface area (Å²) in [6.07, 6.45) is 12.4. The topological polar surface area (TPSA) is 106 Å². The molecule has 9 rings (SSSR count). The number of fused-ring (bicyclic) bond motifs is 4. The number of likely N-dealkylation sites (N-methyl/N-ethyl adjacent to an activating group) is 1. The van der Waals surface area contributed by atoms with Crippen LogP contribution in [0.3, 0.4) is 0 Å². The molecular formula is C46H55N5O5. The molecule has 2 N–H and O–H groups in total. The Morgan fingerprint density at radius 1 is 0.982 bits per heavy atom. The fraction of sp³-hybridized carbons (Fsp3) is 0.500. The van der Waals surface area contributed by atoms with Gasteiger partial charge in [0.05, 0.1) is 11.7 Å². The minimum absolute atomic E-state index is 0.231. The number of hydrogen-bond donors (Lipinski definition) is 2. The molecule has 3 amide bonds. The Morgan fingerprint density at radius 3 is 2.55 bits per heavy atom. The van der Waals surface area contributed by atoms with E-state index in [1.165, 1.54) is 53.0 Å². The molecule has 0 bridgehead atoms. The molecular weight excluding hydrogens is 703 g/mol. The number of benzene rings is 3. The van der Waals surface area contributed by atoms with Crippen LogP contribution in [0.5, 0.6) is 11.5 Å². The summed E-state index contributed by atoms with van der Waals surface area (Å²) >= 11 is 0. The number of allylic oxidation sites excluding steroid dienone is 2. The number of hydrogen-bond acceptors (Lipinski definition) is 8. The Labute approximate surface area is 330 Å². The lowest BCUT2D eigenvalue weighted by Crippen LogP contribution is -2.59. The molecule has 56 heavy (non-hydrogen) atoms. The van der Waals surface area contributed by atoms with Crippen LogP contribution in [0.15, 0.2) is 72.8 Å². The Kier molecular flexibility index (Phi) is 9.80. The van der Waals surface area contributed by atoms with E-state index in [1.54, 1.807) is 7.05 Å². The third kappa shape index (κ3) is 6.95. The van der Waals surface area contributed by atoms with Crippen molar-refractivity contribution in [3.63, 3.8) is 0 Å². The van der Waals surface area contributed by atoms with E-state index in [1.807, 2.05) is 30.3 Å². The van der Waals surface area contributed by atoms with E-state index in [4.69, 9.17) is 4.74 Å². The first-order valence-electron chi connectivity index (χ1n) is 20.8. The highest BCUT2D eigenvalue weighted by atomic mass is 16.5. The second-order valence-electron chi connectivity index (χ2n) is 17.4. The molecule has 4 heterocycles. The minimum atomic E-state index is -0.655. The van der Waals surface area contributed by atoms with Crippen LogP contribution in [0.2, 0.25) is 0 Å². The number of phenols is 1. The summed E-state index contributed by atoms with van der Waals surface area (Å²) in [7, 11) is 1.62. The van der Waals surface area contributed by atoms with Crippen molar-refractivity contribution in [3.05, 3.63) is 95.1 Å². The Balaban J connectivity index is 0.755. The zero-order chi connectivity index (χ0) is 38.6. The normalized spacial score (nSPS) is 26.2. The predicted octanol–water partition coefficient (Wildman–Crippen LogP) is 6.12. The van der Waals surface area contributed by atoms with Gasteiger partial charge in [-0.1, -0.05) is 30.4 Å². The van der Waals surface area contributed by atoms with E-state index in [-0.39, 0.29) is 24.3 Å². The number of anilines is 2. The lowest BCUT2D eigenvalue weighted by Gasteiger charge is -2.54. The number of nitrogens with zero attached hydrogens (tertiary/aromatic N) is 4. The summed E-state index contributed by atoms with van der Waals surface area (Å²) in [6.45, 7) is 9.04. The molecule has 3 saturated heterocycles. The van der Waals surface area contributed by atoms with E-state index in [2.05, 4.69) is 69.4 Å². The second kappa shape index (κ2) is 14.9. The van der Waals surface area contributed by atoms with Crippen molar-refractivity contribution in [3.8, 4) is 11.5 Å². The van der Waals surface area contributed by atoms with Crippen molar-refractivity contribution in [2.24, 2.45) is 17.3 Å². The highest BCUT2D eigenvalue weighted by Gasteiger charge is 2.47. The third-order valence-electron chi connectivity index (χ3n) is 14.0. The molecule has 4 aliphatic heterocycles. The summed E-state index contributed by atoms with van der Waals surface area (Å²) < 4.78 is 6.27. The van der Waals surface area contributed by atoms with Crippen molar-refractivity contribution in [2.45, 2.75) is 76.3 Å². The van der Waals surface area contributed by atoms with Crippen LogP contribution in [-0.4, -0.2) is 97.6 Å². The van der Waals surface area contributed by atoms with Gasteiger partial charge in [-0.15, -0.1) is 0 Å². The Morgan fingerprint density at radius 2 is 1.79 bits per heavy atom. The maximum atomic E-state index is 13.3. The molecule has 0 radical (unpaired) electrons. The summed E-state index contributed by atoms with van der Waals surface area (Å²) in [4.78, 5) is 46.4. The molecule has 294 valence electrons. The molecule has 4 atom stereocenters. The molecule has 0 aromatic heterocycles. The number of aryl methyl sites for hydroxylation is 1. The number of phenolic OH excluding ortho intramolecular Hbond substituents is 1. The van der Waals surface area contributed by atoms with Crippen LogP contribution < -0.4 is 19.9 Å². The van der Waals surface area contributed by atoms with Crippen LogP contribution in [0, 0.1) is 17.3 Å². The van der Waals surface area contributed by atoms with Gasteiger partial charge in [-0.3, -0.25) is 24.6 Å². The smallest absolute Gasteiger partial charge is 0.254 e. The first-order valence-corrected chi connectivity index (χ1v) is 20.8. The van der Waals surface area contributed by atoms with Crippen molar-refractivity contribution in [1.29, 1.82) is 0 Å². The Bertz CT molecular complexity index is 2010. The van der Waals surface area contributed by atoms with Crippen molar-refractivity contribution >= 4 is 29.1 Å². The van der Waals surface area contributed by atoms with Crippen molar-refractivity contribution in [2.75, 3.05) is 62.7 Å². The first kappa shape index (κ1) is 36.8. The van der Waals surface area contributed by atoms with Gasteiger partial charge in [0.15, 0.2) is 0 Å². The molecule has 1 unspecified atom stereocenters. The standard InChI is InChI=1S/C46H55N5O5/c1-3-4-31-5-6-33-23-37(52)12-13-38(33)43(31)32-7-10-35(11-8-32)50-19-17-46(18-20-50)25-30(26-46)27-49-21-22-51-36(28-49)29-56-41-24-34(9-14-39(41)51)45(55)48(2)40-15-16-42(53)47-44(40)54/h3-4,7-14,23-24,30-31,36,40,43,52H,5-6,15-22,25-29H2,1-2H3,(H,47,53,54)/b4-3+/t31-,36+,40?,43+/m0/s1. The van der Waals surface area contributed by atoms with Gasteiger partial charge in [0.25, 0.3) is 5.91 Å². The number of nitrogens with one attached hydrogen (secondary N) is 1. The van der Waals surface area contributed by atoms with Crippen LogP contribution >= 0.6 is 0 Å². The molecule has 6 aliphatic rings. The van der Waals surface area contributed by atoms with Gasteiger partial charge in [0.2, 0.25) is 11.8 Å². The number of carbonyl (C=O) groups is 3. The number of amides is 3. The fourth-order valence-electron chi connectivity index (χ4n) is 11.0. The number of ether oxygens (including phenoxy) is 1. The monoisotopic (exact) mass is 757 g/mol. The van der Waals surface area contributed by atoms with Gasteiger partial charge in [-0.05, 0) is 128 Å². The predicted molar refractivity (Wildman–Crippen MR) is 217 cm³/mol. The lowest BCUT2D eigenvalue weighted by molar-refractivity contribution is -0.136. The zero-order valence-corrected chi connectivity index (χ0v) is 32.8. The van der Waals surface area contributed by atoms with Crippen LogP contribution in [0.4, 0.5) is 11.4 Å². The average Bonchev–Trinajstić information content (AvgIpc) is 3.20. The lowest BCUT2D eigenvalue weighted by atomic mass is 9.57. The second-order valence-corrected chi connectivity index (χ2v) is 17.4. The largest absolute Gasteiger partial charge is 0.508 e. The van der Waals surface area contributed by atoms with Gasteiger partial charge < -0.3 is 24.5 Å². The SMILES string of the molecule is C/C=C/[C@H]1CCc2cc(O)ccc2[C@H]1c1ccc(N2CCC3(CC2)CC(CN2CCN4c5ccc(C(=O)N(C)C6CCC(=O)NC6=O)cc5OC[C@H]4C2)C3)cc1. The van der Waals surface area contributed by atoms with Gasteiger partial charge in [-0.2, -0.15) is 0 Å². The quantitative estimate of drug-likeness (QED) is 0.220. The summed E-state index contributed by atoms with van der Waals surface area (Å²) in [5, 5.41) is 12.5. The number of imide groups is 1. The van der Waals surface area contributed by atoms with E-state index >= 15 is 0 Å². The van der Waals surface area contributed by atoms with Crippen molar-refractivity contribution in [1.82, 2.24) is 15.1 Å². The molecule has 1 saturated carbocycles. The molecule has 10 nitrogen and oxygen atoms in total. The van der Waals surface area contributed by atoms with Crippen molar-refractivity contribution < 1.29 is 24.2 Å². The highest BCUT2D eigenvalue weighted by Crippen LogP contribution is 2.53. The van der Waals surface area contributed by atoms with Crippen LogP contribution in [-0.2, 0) is 16.0 Å². The van der Waals surface area contributed by atoms with Crippen LogP contribution in [0.1, 0.15) is 84.8 Å². The molecule has 10 heteroatoms. The minimum Gasteiger partial charge on any atom is -0.508 e. The summed E-state index contributed by atoms with van der Waals surface area (Å²) in [5.41, 5.74) is 7.34. The maximum Gasteiger partial charge on any atom is 0.254 e.